The Hall–Kier alpha value is -2.71. The van der Waals surface area contributed by atoms with Crippen molar-refractivity contribution in [2.45, 2.75) is 38.0 Å². The lowest BCUT2D eigenvalue weighted by Crippen LogP contribution is -2.42. The molecule has 0 radical (unpaired) electrons. The molecule has 12 nitrogen and oxygen atoms in total. The number of hydroxylamine groups is 4. The zero-order valence-corrected chi connectivity index (χ0v) is 21.0. The van der Waals surface area contributed by atoms with E-state index in [0.717, 1.165) is 10.1 Å². The van der Waals surface area contributed by atoms with Gasteiger partial charge in [-0.15, -0.1) is 8.57 Å². The number of methoxy groups -OCH3 is 2. The molecular formula is C22H30N4O8S. The molecule has 2 fully saturated rings. The van der Waals surface area contributed by atoms with Crippen molar-refractivity contribution in [3.63, 3.8) is 0 Å². The first-order chi connectivity index (χ1) is 16.5. The van der Waals surface area contributed by atoms with Crippen LogP contribution in [-0.2, 0) is 28.4 Å². The average Bonchev–Trinajstić information content (AvgIpc) is 3.19. The highest BCUT2D eigenvalue weighted by atomic mass is 32.3. The Balaban J connectivity index is 1.56. The molecule has 0 aromatic heterocycles. The van der Waals surface area contributed by atoms with Gasteiger partial charge in [0, 0.05) is 14.2 Å². The molecule has 0 spiro atoms. The van der Waals surface area contributed by atoms with Gasteiger partial charge >= 0.3 is 22.5 Å². The highest BCUT2D eigenvalue weighted by molar-refractivity contribution is 7.81. The van der Waals surface area contributed by atoms with Crippen LogP contribution in [-0.4, -0.2) is 105 Å². The van der Waals surface area contributed by atoms with Crippen LogP contribution in [0.4, 0.5) is 9.59 Å². The van der Waals surface area contributed by atoms with Gasteiger partial charge in [-0.2, -0.15) is 18.5 Å². The third-order valence-electron chi connectivity index (χ3n) is 6.44. The molecule has 0 aliphatic carbocycles. The molecule has 0 saturated carbocycles. The average molecular weight is 511 g/mol. The van der Waals surface area contributed by atoms with Crippen molar-refractivity contribution < 1.29 is 36.0 Å². The quantitative estimate of drug-likeness (QED) is 0.433. The molecular weight excluding hydrogens is 480 g/mol. The van der Waals surface area contributed by atoms with Gasteiger partial charge in [0.25, 0.3) is 0 Å². The van der Waals surface area contributed by atoms with E-state index in [2.05, 4.69) is 13.2 Å². The van der Waals surface area contributed by atoms with Crippen molar-refractivity contribution >= 4 is 22.5 Å². The lowest BCUT2D eigenvalue weighted by atomic mass is 9.95. The number of rotatable bonds is 10. The molecule has 35 heavy (non-hydrogen) atoms. The van der Waals surface area contributed by atoms with E-state index < -0.39 is 46.6 Å². The van der Waals surface area contributed by atoms with Crippen LogP contribution >= 0.6 is 0 Å². The van der Waals surface area contributed by atoms with Crippen molar-refractivity contribution in [2.75, 3.05) is 40.5 Å². The third-order valence-corrected chi connectivity index (χ3v) is 7.13. The van der Waals surface area contributed by atoms with Gasteiger partial charge in [0.15, 0.2) is 0 Å². The number of carbonyl (C=O) groups is 2. The molecule has 0 aromatic rings. The van der Waals surface area contributed by atoms with E-state index in [1.54, 1.807) is 13.8 Å². The molecule has 0 N–H and O–H groups in total. The van der Waals surface area contributed by atoms with Crippen molar-refractivity contribution in [1.82, 2.24) is 19.9 Å². The molecule has 4 aliphatic rings. The highest BCUT2D eigenvalue weighted by Gasteiger charge is 2.51. The minimum Gasteiger partial charge on any atom is -0.382 e. The largest absolute Gasteiger partial charge is 0.442 e. The predicted molar refractivity (Wildman–Crippen MR) is 124 cm³/mol. The molecule has 4 heterocycles. The smallest absolute Gasteiger partial charge is 0.382 e. The van der Waals surface area contributed by atoms with E-state index in [1.807, 2.05) is 12.2 Å². The Morgan fingerprint density at radius 1 is 0.857 bits per heavy atom. The summed E-state index contributed by atoms with van der Waals surface area (Å²) in [7, 11) is -1.85. The number of hydrogen-bond donors (Lipinski definition) is 0. The summed E-state index contributed by atoms with van der Waals surface area (Å²) in [5.74, 6) is 0. The molecule has 4 bridgehead atoms. The Morgan fingerprint density at radius 2 is 1.23 bits per heavy atom. The third kappa shape index (κ3) is 4.49. The number of carbonyl (C=O) groups excluding carboxylic acids is 2. The Labute approximate surface area is 204 Å². The first-order valence-corrected chi connectivity index (χ1v) is 12.4. The van der Waals surface area contributed by atoms with Gasteiger partial charge in [-0.1, -0.05) is 36.5 Å². The topological polar surface area (TPSA) is 118 Å². The van der Waals surface area contributed by atoms with Crippen LogP contribution in [0.5, 0.6) is 0 Å². The number of amides is 4. The second kappa shape index (κ2) is 9.39. The summed E-state index contributed by atoms with van der Waals surface area (Å²) in [6, 6.07) is -3.53. The molecule has 0 unspecified atom stereocenters. The number of fused-ring (bicyclic) bond motifs is 4. The lowest BCUT2D eigenvalue weighted by molar-refractivity contribution is -0.0745. The Bertz CT molecular complexity index is 1040. The van der Waals surface area contributed by atoms with Crippen molar-refractivity contribution in [3.8, 4) is 0 Å². The Morgan fingerprint density at radius 3 is 1.54 bits per heavy atom. The van der Waals surface area contributed by atoms with E-state index in [4.69, 9.17) is 18.0 Å². The summed E-state index contributed by atoms with van der Waals surface area (Å²) < 4.78 is 46.7. The molecule has 4 amide bonds. The van der Waals surface area contributed by atoms with E-state index in [9.17, 15) is 18.0 Å². The van der Waals surface area contributed by atoms with Crippen LogP contribution in [0.2, 0.25) is 0 Å². The van der Waals surface area contributed by atoms with Gasteiger partial charge in [-0.25, -0.2) is 9.59 Å². The SMILES string of the molecule is C=C(C)C1=C[C@@H](COC)N2C[C@@H]1N(OS(=O)(=O)ON1C(=O)N3C[C@H]1C(C(=C)C)=C[C@H]3COC)C2=O. The first-order valence-electron chi connectivity index (χ1n) is 11.1. The molecule has 2 saturated heterocycles. The highest BCUT2D eigenvalue weighted by Crippen LogP contribution is 2.36. The fraction of sp³-hybridized carbons (Fsp3) is 0.545. The van der Waals surface area contributed by atoms with Crippen molar-refractivity contribution in [3.05, 3.63) is 47.6 Å². The van der Waals surface area contributed by atoms with E-state index in [1.165, 1.54) is 24.0 Å². The summed E-state index contributed by atoms with van der Waals surface area (Å²) >= 11 is 0. The van der Waals surface area contributed by atoms with Gasteiger partial charge in [-0.05, 0) is 25.0 Å². The van der Waals surface area contributed by atoms with Gasteiger partial charge in [0.05, 0.1) is 38.4 Å². The number of hydrogen-bond acceptors (Lipinski definition) is 8. The molecule has 4 atom stereocenters. The zero-order chi connectivity index (χ0) is 25.7. The van der Waals surface area contributed by atoms with Crippen LogP contribution in [0.25, 0.3) is 0 Å². The lowest BCUT2D eigenvalue weighted by Gasteiger charge is -2.29. The maximum absolute atomic E-state index is 13.0. The summed E-state index contributed by atoms with van der Waals surface area (Å²) in [4.78, 5) is 28.9. The van der Waals surface area contributed by atoms with Gasteiger partial charge in [0.2, 0.25) is 0 Å². The molecule has 13 heteroatoms. The Kier molecular flexibility index (Phi) is 6.81. The van der Waals surface area contributed by atoms with Gasteiger partial charge in [0.1, 0.15) is 12.1 Å². The van der Waals surface area contributed by atoms with Gasteiger partial charge in [-0.3, -0.25) is 0 Å². The van der Waals surface area contributed by atoms with Crippen molar-refractivity contribution in [1.29, 1.82) is 0 Å². The minimum atomic E-state index is -4.87. The fourth-order valence-electron chi connectivity index (χ4n) is 4.87. The molecule has 4 aliphatic heterocycles. The minimum absolute atomic E-state index is 0.196. The van der Waals surface area contributed by atoms with Crippen LogP contribution in [0.15, 0.2) is 47.6 Å². The monoisotopic (exact) mass is 510 g/mol. The number of nitrogens with zero attached hydrogens (tertiary/aromatic N) is 4. The maximum atomic E-state index is 13.0. The first kappa shape index (κ1) is 25.4. The van der Waals surface area contributed by atoms with Gasteiger partial charge < -0.3 is 19.3 Å². The van der Waals surface area contributed by atoms with Crippen LogP contribution in [0, 0.1) is 0 Å². The number of urea groups is 2. The number of ether oxygens (including phenoxy) is 2. The molecule has 192 valence electrons. The fourth-order valence-corrected chi connectivity index (χ4v) is 5.62. The zero-order valence-electron chi connectivity index (χ0n) is 20.2. The second-order valence-corrected chi connectivity index (χ2v) is 10.1. The maximum Gasteiger partial charge on any atom is 0.442 e. The van der Waals surface area contributed by atoms with Crippen LogP contribution in [0.3, 0.4) is 0 Å². The van der Waals surface area contributed by atoms with Crippen LogP contribution < -0.4 is 0 Å². The summed E-state index contributed by atoms with van der Waals surface area (Å²) in [6.45, 7) is 12.2. The normalized spacial score (nSPS) is 28.0. The van der Waals surface area contributed by atoms with E-state index >= 15 is 0 Å². The van der Waals surface area contributed by atoms with Crippen molar-refractivity contribution in [2.24, 2.45) is 0 Å². The molecule has 0 aromatic carbocycles. The standard InChI is InChI=1S/C22H30N4O8S/c1-13(2)17-7-15(11-31-5)23-9-19(17)25(21(23)27)33-35(29,30)34-26-20-10-24(22(26)28)16(12-32-6)8-18(20)14(3)4/h7-8,15-16,19-20H,1,3,9-12H2,2,4-6H3/t15-,16-,19-,20-/m0/s1. The van der Waals surface area contributed by atoms with Crippen LogP contribution in [0.1, 0.15) is 13.8 Å². The summed E-state index contributed by atoms with van der Waals surface area (Å²) in [5, 5.41) is 1.50. The second-order valence-electron chi connectivity index (χ2n) is 8.96. The van der Waals surface area contributed by atoms with E-state index in [0.29, 0.717) is 22.3 Å². The van der Waals surface area contributed by atoms with E-state index in [-0.39, 0.29) is 26.3 Å². The summed E-state index contributed by atoms with van der Waals surface area (Å²) in [5.41, 5.74) is 2.65. The molecule has 4 rings (SSSR count). The predicted octanol–water partition coefficient (Wildman–Crippen LogP) is 1.37. The summed E-state index contributed by atoms with van der Waals surface area (Å²) in [6.07, 6.45) is 3.63.